The molecule has 9 nitrogen and oxygen atoms in total. The van der Waals surface area contributed by atoms with Gasteiger partial charge in [-0.15, -0.1) is 0 Å². The Hall–Kier alpha value is -4.01. The highest BCUT2D eigenvalue weighted by atomic mass is 16.6. The zero-order valence-electron chi connectivity index (χ0n) is 18.8. The summed E-state index contributed by atoms with van der Waals surface area (Å²) in [6, 6.07) is 15.8. The number of hydrazine groups is 1. The Bertz CT molecular complexity index is 1100. The second-order valence-electron chi connectivity index (χ2n) is 8.44. The minimum Gasteiger partial charge on any atom is -0.445 e. The lowest BCUT2D eigenvalue weighted by atomic mass is 10.0. The van der Waals surface area contributed by atoms with Gasteiger partial charge in [-0.2, -0.15) is 0 Å². The highest BCUT2D eigenvalue weighted by Crippen LogP contribution is 2.19. The number of fused-ring (bicyclic) bond motifs is 1. The van der Waals surface area contributed by atoms with Crippen molar-refractivity contribution in [2.75, 3.05) is 0 Å². The molecule has 0 bridgehead atoms. The molecule has 0 aliphatic heterocycles. The Morgan fingerprint density at radius 1 is 0.939 bits per heavy atom. The minimum absolute atomic E-state index is 0.0598. The standard InChI is InChI=1S/C24H28N4O5/c1-24(2,3)33-23(31)28-27-21(29)20(13-17-14-25-19-12-8-7-11-18(17)19)26-22(30)32-15-16-9-5-4-6-10-16/h4-12,14,20,25H,13,15H2,1-3H3,(H,26,30)(H,27,29)(H,28,31)/t20-/m0/s1. The van der Waals surface area contributed by atoms with Crippen molar-refractivity contribution in [1.29, 1.82) is 0 Å². The van der Waals surface area contributed by atoms with E-state index in [0.29, 0.717) is 0 Å². The second kappa shape index (κ2) is 10.5. The molecule has 0 radical (unpaired) electrons. The van der Waals surface area contributed by atoms with E-state index >= 15 is 0 Å². The SMILES string of the molecule is CC(C)(C)OC(=O)NNC(=O)[C@H](Cc1c[nH]c2ccccc12)NC(=O)OCc1ccccc1. The highest BCUT2D eigenvalue weighted by molar-refractivity contribution is 5.89. The topological polar surface area (TPSA) is 122 Å². The van der Waals surface area contributed by atoms with Crippen molar-refractivity contribution in [3.05, 3.63) is 71.9 Å². The summed E-state index contributed by atoms with van der Waals surface area (Å²) in [5.41, 5.74) is 6.33. The highest BCUT2D eigenvalue weighted by Gasteiger charge is 2.25. The number of para-hydroxylation sites is 1. The molecule has 1 aromatic heterocycles. The third kappa shape index (κ3) is 7.27. The Morgan fingerprint density at radius 3 is 2.36 bits per heavy atom. The summed E-state index contributed by atoms with van der Waals surface area (Å²) in [7, 11) is 0. The Kier molecular flexibility index (Phi) is 7.55. The molecular weight excluding hydrogens is 424 g/mol. The summed E-state index contributed by atoms with van der Waals surface area (Å²) in [6.07, 6.45) is 0.389. The van der Waals surface area contributed by atoms with Crippen molar-refractivity contribution in [3.63, 3.8) is 0 Å². The molecule has 0 unspecified atom stereocenters. The number of H-pyrrole nitrogens is 1. The number of rotatable bonds is 6. The number of hydrogen-bond acceptors (Lipinski definition) is 5. The quantitative estimate of drug-likeness (QED) is 0.426. The lowest BCUT2D eigenvalue weighted by Crippen LogP contribution is -2.53. The van der Waals surface area contributed by atoms with Crippen LogP contribution in [-0.4, -0.2) is 34.7 Å². The Balaban J connectivity index is 1.67. The van der Waals surface area contributed by atoms with Crippen LogP contribution in [0.1, 0.15) is 31.9 Å². The molecule has 3 amide bonds. The van der Waals surface area contributed by atoms with Crippen LogP contribution in [0.5, 0.6) is 0 Å². The predicted molar refractivity (Wildman–Crippen MR) is 123 cm³/mol. The van der Waals surface area contributed by atoms with Crippen molar-refractivity contribution in [2.24, 2.45) is 0 Å². The lowest BCUT2D eigenvalue weighted by Gasteiger charge is -2.21. The Labute approximate surface area is 191 Å². The maximum atomic E-state index is 12.8. The third-order valence-corrected chi connectivity index (χ3v) is 4.61. The number of carbonyl (C=O) groups excluding carboxylic acids is 3. The van der Waals surface area contributed by atoms with Gasteiger partial charge in [-0.05, 0) is 38.0 Å². The summed E-state index contributed by atoms with van der Waals surface area (Å²) < 4.78 is 10.4. The number of aromatic nitrogens is 1. The second-order valence-corrected chi connectivity index (χ2v) is 8.44. The maximum Gasteiger partial charge on any atom is 0.426 e. The van der Waals surface area contributed by atoms with Crippen LogP contribution >= 0.6 is 0 Å². The number of aromatic amines is 1. The normalized spacial score (nSPS) is 12.0. The molecule has 0 saturated heterocycles. The van der Waals surface area contributed by atoms with Crippen LogP contribution in [0.25, 0.3) is 10.9 Å². The number of benzene rings is 2. The molecule has 0 spiro atoms. The molecule has 0 saturated carbocycles. The average molecular weight is 453 g/mol. The van der Waals surface area contributed by atoms with Gasteiger partial charge in [-0.1, -0.05) is 48.5 Å². The molecule has 1 heterocycles. The summed E-state index contributed by atoms with van der Waals surface area (Å²) in [5.74, 6) is -0.622. The largest absolute Gasteiger partial charge is 0.445 e. The van der Waals surface area contributed by atoms with Crippen LogP contribution in [-0.2, 0) is 27.3 Å². The van der Waals surface area contributed by atoms with Crippen LogP contribution < -0.4 is 16.2 Å². The zero-order chi connectivity index (χ0) is 23.8. The number of nitrogens with one attached hydrogen (secondary N) is 4. The number of carbonyl (C=O) groups is 3. The molecule has 33 heavy (non-hydrogen) atoms. The van der Waals surface area contributed by atoms with E-state index in [-0.39, 0.29) is 13.0 Å². The van der Waals surface area contributed by atoms with Gasteiger partial charge in [0.05, 0.1) is 0 Å². The minimum atomic E-state index is -1.01. The van der Waals surface area contributed by atoms with Crippen molar-refractivity contribution >= 4 is 29.0 Å². The average Bonchev–Trinajstić information content (AvgIpc) is 3.18. The smallest absolute Gasteiger partial charge is 0.426 e. The molecule has 0 aliphatic rings. The lowest BCUT2D eigenvalue weighted by molar-refractivity contribution is -0.124. The molecule has 3 rings (SSSR count). The number of ether oxygens (including phenoxy) is 2. The van der Waals surface area contributed by atoms with Crippen molar-refractivity contribution in [2.45, 2.75) is 45.4 Å². The van der Waals surface area contributed by atoms with E-state index in [1.807, 2.05) is 54.6 Å². The van der Waals surface area contributed by atoms with Gasteiger partial charge < -0.3 is 19.8 Å². The maximum absolute atomic E-state index is 12.8. The van der Waals surface area contributed by atoms with Crippen LogP contribution in [0, 0.1) is 0 Å². The van der Waals surface area contributed by atoms with E-state index in [0.717, 1.165) is 22.0 Å². The monoisotopic (exact) mass is 452 g/mol. The number of amides is 3. The molecule has 4 N–H and O–H groups in total. The van der Waals surface area contributed by atoms with Crippen LogP contribution in [0.3, 0.4) is 0 Å². The van der Waals surface area contributed by atoms with Crippen molar-refractivity contribution < 1.29 is 23.9 Å². The van der Waals surface area contributed by atoms with Crippen LogP contribution in [0.2, 0.25) is 0 Å². The first kappa shape index (κ1) is 23.6. The molecule has 2 aromatic carbocycles. The predicted octanol–water partition coefficient (Wildman–Crippen LogP) is 3.56. The number of hydrogen-bond donors (Lipinski definition) is 4. The van der Waals surface area contributed by atoms with Gasteiger partial charge in [-0.25, -0.2) is 15.0 Å². The summed E-state index contributed by atoms with van der Waals surface area (Å²) >= 11 is 0. The van der Waals surface area contributed by atoms with Gasteiger partial charge in [-0.3, -0.25) is 10.2 Å². The Morgan fingerprint density at radius 2 is 1.64 bits per heavy atom. The zero-order valence-corrected chi connectivity index (χ0v) is 18.8. The van der Waals surface area contributed by atoms with Gasteiger partial charge in [0.2, 0.25) is 0 Å². The van der Waals surface area contributed by atoms with Gasteiger partial charge in [0.1, 0.15) is 18.2 Å². The first-order chi connectivity index (χ1) is 15.7. The fourth-order valence-electron chi connectivity index (χ4n) is 3.14. The van der Waals surface area contributed by atoms with Gasteiger partial charge >= 0.3 is 12.2 Å². The summed E-state index contributed by atoms with van der Waals surface area (Å²) in [6.45, 7) is 5.18. The summed E-state index contributed by atoms with van der Waals surface area (Å²) in [4.78, 5) is 40.3. The van der Waals surface area contributed by atoms with Gasteiger partial charge in [0.15, 0.2) is 0 Å². The van der Waals surface area contributed by atoms with Crippen LogP contribution in [0.15, 0.2) is 60.8 Å². The van der Waals surface area contributed by atoms with E-state index < -0.39 is 29.7 Å². The molecule has 9 heteroatoms. The molecular formula is C24H28N4O5. The van der Waals surface area contributed by atoms with E-state index in [9.17, 15) is 14.4 Å². The van der Waals surface area contributed by atoms with Gasteiger partial charge in [0, 0.05) is 23.5 Å². The van der Waals surface area contributed by atoms with E-state index in [1.54, 1.807) is 27.0 Å². The van der Waals surface area contributed by atoms with Crippen molar-refractivity contribution in [3.8, 4) is 0 Å². The van der Waals surface area contributed by atoms with E-state index in [2.05, 4.69) is 21.2 Å². The molecule has 0 aliphatic carbocycles. The number of alkyl carbamates (subject to hydrolysis) is 1. The van der Waals surface area contributed by atoms with E-state index in [1.165, 1.54) is 0 Å². The van der Waals surface area contributed by atoms with Crippen molar-refractivity contribution in [1.82, 2.24) is 21.2 Å². The fourth-order valence-corrected chi connectivity index (χ4v) is 3.14. The molecule has 0 fully saturated rings. The third-order valence-electron chi connectivity index (χ3n) is 4.61. The molecule has 3 aromatic rings. The van der Waals surface area contributed by atoms with Gasteiger partial charge in [0.25, 0.3) is 5.91 Å². The molecule has 174 valence electrons. The first-order valence-corrected chi connectivity index (χ1v) is 10.5. The fraction of sp³-hybridized carbons (Fsp3) is 0.292. The first-order valence-electron chi connectivity index (χ1n) is 10.5. The van der Waals surface area contributed by atoms with Crippen LogP contribution in [0.4, 0.5) is 9.59 Å². The van der Waals surface area contributed by atoms with E-state index in [4.69, 9.17) is 9.47 Å². The molecule has 1 atom stereocenters. The summed E-state index contributed by atoms with van der Waals surface area (Å²) in [5, 5.41) is 3.51.